The monoisotopic (exact) mass is 281 g/mol. The first-order chi connectivity index (χ1) is 9.45. The van der Waals surface area contributed by atoms with Gasteiger partial charge in [0.2, 0.25) is 5.88 Å². The predicted molar refractivity (Wildman–Crippen MR) is 77.4 cm³/mol. The number of nitrogens with zero attached hydrogens (tertiary/aromatic N) is 2. The Kier molecular flexibility index (Phi) is 6.24. The highest BCUT2D eigenvalue weighted by molar-refractivity contribution is 6.00. The molecule has 6 nitrogen and oxygen atoms in total. The van der Waals surface area contributed by atoms with E-state index in [4.69, 9.17) is 20.4 Å². The molecule has 0 amide bonds. The molecule has 0 fully saturated rings. The smallest absolute Gasteiger partial charge is 0.225 e. The third-order valence-corrected chi connectivity index (χ3v) is 2.59. The van der Waals surface area contributed by atoms with Crippen LogP contribution in [0.3, 0.4) is 0 Å². The zero-order valence-electron chi connectivity index (χ0n) is 12.5. The van der Waals surface area contributed by atoms with Crippen molar-refractivity contribution in [1.82, 2.24) is 4.98 Å². The molecule has 0 spiro atoms. The largest absolute Gasteiger partial charge is 0.475 e. The standard InChI is InChI=1S/C14H23N3O3/c1-9(2)8-19-5-6-20-14-12(13(15)17-18)10(3)7-11(4)16-14/h7,9,18H,5-6,8H2,1-4H3,(H2,15,17). The van der Waals surface area contributed by atoms with Crippen LogP contribution in [0, 0.1) is 19.8 Å². The second kappa shape index (κ2) is 7.69. The van der Waals surface area contributed by atoms with Gasteiger partial charge in [0.25, 0.3) is 0 Å². The van der Waals surface area contributed by atoms with Gasteiger partial charge in [0.05, 0.1) is 12.2 Å². The van der Waals surface area contributed by atoms with Crippen LogP contribution in [0.25, 0.3) is 0 Å². The molecule has 0 bridgehead atoms. The summed E-state index contributed by atoms with van der Waals surface area (Å²) in [7, 11) is 0. The highest BCUT2D eigenvalue weighted by atomic mass is 16.5. The molecule has 0 unspecified atom stereocenters. The number of aromatic nitrogens is 1. The lowest BCUT2D eigenvalue weighted by Crippen LogP contribution is -2.19. The van der Waals surface area contributed by atoms with E-state index in [1.54, 1.807) is 0 Å². The van der Waals surface area contributed by atoms with Gasteiger partial charge in [-0.25, -0.2) is 4.98 Å². The molecule has 1 rings (SSSR count). The summed E-state index contributed by atoms with van der Waals surface area (Å²) in [4.78, 5) is 4.29. The first-order valence-electron chi connectivity index (χ1n) is 6.62. The van der Waals surface area contributed by atoms with E-state index in [9.17, 15) is 0 Å². The Morgan fingerprint density at radius 2 is 2.10 bits per heavy atom. The van der Waals surface area contributed by atoms with E-state index in [1.165, 1.54) is 0 Å². The number of aryl methyl sites for hydroxylation is 2. The molecule has 1 aromatic rings. The van der Waals surface area contributed by atoms with Crippen molar-refractivity contribution in [2.75, 3.05) is 19.8 Å². The molecule has 0 aliphatic rings. The average Bonchev–Trinajstić information content (AvgIpc) is 2.36. The summed E-state index contributed by atoms with van der Waals surface area (Å²) in [5, 5.41) is 11.9. The normalized spacial score (nSPS) is 11.9. The van der Waals surface area contributed by atoms with Crippen LogP contribution in [0.2, 0.25) is 0 Å². The van der Waals surface area contributed by atoms with E-state index in [0.29, 0.717) is 37.2 Å². The van der Waals surface area contributed by atoms with Crippen LogP contribution >= 0.6 is 0 Å². The molecule has 6 heteroatoms. The number of hydrogen-bond acceptors (Lipinski definition) is 5. The Hall–Kier alpha value is -1.82. The summed E-state index contributed by atoms with van der Waals surface area (Å²) in [5.41, 5.74) is 7.85. The summed E-state index contributed by atoms with van der Waals surface area (Å²) in [6.07, 6.45) is 0. The summed E-state index contributed by atoms with van der Waals surface area (Å²) in [5.74, 6) is 0.848. The molecule has 1 aromatic heterocycles. The fourth-order valence-corrected chi connectivity index (χ4v) is 1.78. The van der Waals surface area contributed by atoms with Gasteiger partial charge in [0.15, 0.2) is 5.84 Å². The Labute approximate surface area is 119 Å². The number of oxime groups is 1. The molecule has 0 radical (unpaired) electrons. The van der Waals surface area contributed by atoms with E-state index < -0.39 is 0 Å². The number of amidine groups is 1. The van der Waals surface area contributed by atoms with Gasteiger partial charge in [-0.1, -0.05) is 19.0 Å². The molecule has 0 aliphatic heterocycles. The van der Waals surface area contributed by atoms with Crippen LogP contribution in [0.1, 0.15) is 30.7 Å². The second-order valence-corrected chi connectivity index (χ2v) is 5.06. The Balaban J connectivity index is 2.73. The molecule has 1 heterocycles. The summed E-state index contributed by atoms with van der Waals surface area (Å²) in [6, 6.07) is 1.86. The second-order valence-electron chi connectivity index (χ2n) is 5.06. The van der Waals surface area contributed by atoms with Crippen molar-refractivity contribution in [3.8, 4) is 5.88 Å². The van der Waals surface area contributed by atoms with Gasteiger partial charge in [0, 0.05) is 12.3 Å². The van der Waals surface area contributed by atoms with Crippen molar-refractivity contribution in [2.45, 2.75) is 27.7 Å². The van der Waals surface area contributed by atoms with Gasteiger partial charge in [-0.05, 0) is 31.4 Å². The highest BCUT2D eigenvalue weighted by Gasteiger charge is 2.14. The van der Waals surface area contributed by atoms with Crippen molar-refractivity contribution >= 4 is 5.84 Å². The van der Waals surface area contributed by atoms with Crippen molar-refractivity contribution in [2.24, 2.45) is 16.8 Å². The van der Waals surface area contributed by atoms with E-state index in [1.807, 2.05) is 19.9 Å². The molecule has 0 saturated carbocycles. The number of ether oxygens (including phenoxy) is 2. The number of hydrogen-bond donors (Lipinski definition) is 2. The van der Waals surface area contributed by atoms with Gasteiger partial charge in [-0.15, -0.1) is 0 Å². The highest BCUT2D eigenvalue weighted by Crippen LogP contribution is 2.20. The van der Waals surface area contributed by atoms with E-state index in [2.05, 4.69) is 24.0 Å². The molecule has 0 aromatic carbocycles. The minimum absolute atomic E-state index is 0.00639. The molecule has 3 N–H and O–H groups in total. The molecule has 0 aliphatic carbocycles. The zero-order valence-corrected chi connectivity index (χ0v) is 12.5. The summed E-state index contributed by atoms with van der Waals surface area (Å²) >= 11 is 0. The maximum Gasteiger partial charge on any atom is 0.225 e. The third kappa shape index (κ3) is 4.70. The molecular weight excluding hydrogens is 258 g/mol. The van der Waals surface area contributed by atoms with Crippen LogP contribution in [-0.4, -0.2) is 35.8 Å². The van der Waals surface area contributed by atoms with Crippen molar-refractivity contribution in [3.63, 3.8) is 0 Å². The lowest BCUT2D eigenvalue weighted by atomic mass is 10.1. The Bertz CT molecular complexity index is 473. The fraction of sp³-hybridized carbons (Fsp3) is 0.571. The number of rotatable bonds is 7. The molecule has 20 heavy (non-hydrogen) atoms. The number of pyridine rings is 1. The van der Waals surface area contributed by atoms with Crippen LogP contribution in [-0.2, 0) is 4.74 Å². The lowest BCUT2D eigenvalue weighted by molar-refractivity contribution is 0.0805. The van der Waals surface area contributed by atoms with Crippen LogP contribution < -0.4 is 10.5 Å². The maximum absolute atomic E-state index is 8.83. The topological polar surface area (TPSA) is 90.0 Å². The quantitative estimate of drug-likeness (QED) is 0.262. The van der Waals surface area contributed by atoms with Gasteiger partial charge < -0.3 is 20.4 Å². The molecule has 0 atom stereocenters. The van der Waals surface area contributed by atoms with Gasteiger partial charge in [-0.3, -0.25) is 0 Å². The van der Waals surface area contributed by atoms with E-state index in [-0.39, 0.29) is 5.84 Å². The van der Waals surface area contributed by atoms with Crippen LogP contribution in [0.4, 0.5) is 0 Å². The lowest BCUT2D eigenvalue weighted by Gasteiger charge is -2.13. The van der Waals surface area contributed by atoms with Crippen molar-refractivity contribution in [1.29, 1.82) is 0 Å². The third-order valence-electron chi connectivity index (χ3n) is 2.59. The van der Waals surface area contributed by atoms with Crippen molar-refractivity contribution in [3.05, 3.63) is 22.9 Å². The maximum atomic E-state index is 8.83. The van der Waals surface area contributed by atoms with Crippen LogP contribution in [0.5, 0.6) is 5.88 Å². The summed E-state index contributed by atoms with van der Waals surface area (Å²) < 4.78 is 11.0. The number of nitrogens with two attached hydrogens (primary N) is 1. The fourth-order valence-electron chi connectivity index (χ4n) is 1.78. The predicted octanol–water partition coefficient (Wildman–Crippen LogP) is 1.84. The molecule has 0 saturated heterocycles. The SMILES string of the molecule is Cc1cc(C)c(/C(N)=N/O)c(OCCOCC(C)C)n1. The van der Waals surface area contributed by atoms with Gasteiger partial charge >= 0.3 is 0 Å². The summed E-state index contributed by atoms with van der Waals surface area (Å²) in [6.45, 7) is 9.44. The average molecular weight is 281 g/mol. The zero-order chi connectivity index (χ0) is 15.1. The minimum Gasteiger partial charge on any atom is -0.475 e. The first-order valence-corrected chi connectivity index (χ1v) is 6.62. The van der Waals surface area contributed by atoms with E-state index >= 15 is 0 Å². The Morgan fingerprint density at radius 1 is 1.40 bits per heavy atom. The van der Waals surface area contributed by atoms with Crippen molar-refractivity contribution < 1.29 is 14.7 Å². The molecule has 112 valence electrons. The van der Waals surface area contributed by atoms with Gasteiger partial charge in [0.1, 0.15) is 6.61 Å². The van der Waals surface area contributed by atoms with Crippen LogP contribution in [0.15, 0.2) is 11.2 Å². The Morgan fingerprint density at radius 3 is 2.70 bits per heavy atom. The van der Waals surface area contributed by atoms with E-state index in [0.717, 1.165) is 11.3 Å². The minimum atomic E-state index is -0.00639. The van der Waals surface area contributed by atoms with Gasteiger partial charge in [-0.2, -0.15) is 0 Å². The first kappa shape index (κ1) is 16.2. The molecular formula is C14H23N3O3.